The number of aryl methyl sites for hydroxylation is 2. The molecule has 3 aromatic heterocycles. The first-order valence-corrected chi connectivity index (χ1v) is 13.1. The largest absolute Gasteiger partial charge is 0.383 e. The number of ether oxygens (including phenoxy) is 1. The molecule has 10 heteroatoms. The summed E-state index contributed by atoms with van der Waals surface area (Å²) in [6.07, 6.45) is 7.95. The van der Waals surface area contributed by atoms with Crippen molar-refractivity contribution in [1.82, 2.24) is 24.6 Å². The van der Waals surface area contributed by atoms with E-state index in [1.54, 1.807) is 36.9 Å². The number of rotatable bonds is 7. The molecule has 1 aromatic carbocycles. The maximum Gasteiger partial charge on any atom is 0.142 e. The Balaban J connectivity index is 1.28. The fraction of sp³-hybridized carbons (Fsp3) is 0.400. The van der Waals surface area contributed by atoms with Crippen molar-refractivity contribution in [2.45, 2.75) is 38.3 Å². The van der Waals surface area contributed by atoms with Crippen LogP contribution in [0.25, 0.3) is 20.7 Å². The lowest BCUT2D eigenvalue weighted by Crippen LogP contribution is -2.35. The van der Waals surface area contributed by atoms with Gasteiger partial charge in [-0.3, -0.25) is 9.58 Å². The Morgan fingerprint density at radius 2 is 2.17 bits per heavy atom. The first kappa shape index (κ1) is 22.8. The molecule has 0 bridgehead atoms. The molecule has 0 radical (unpaired) electrons. The number of anilines is 2. The van der Waals surface area contributed by atoms with Crippen LogP contribution in [0.2, 0.25) is 5.02 Å². The standard InChI is InChI=1S/C25H26ClFN6OS/c1-34-13-16-3-2-8-32(16)9-10-33-12-18-21(31-33)7-5-17-22-24(28-14-29-25(22)35-23(17)18)30-15-4-6-20(27)19(26)11-15/h4,6,11-12,14,16H,2-3,5,7-10,13H2,1H3,(H,28,29,30)/t16-/m1/s1. The average Bonchev–Trinajstić information content (AvgIpc) is 3.56. The fourth-order valence-corrected chi connectivity index (χ4v) is 6.65. The van der Waals surface area contributed by atoms with E-state index in [1.807, 2.05) is 0 Å². The second kappa shape index (κ2) is 9.46. The summed E-state index contributed by atoms with van der Waals surface area (Å²) in [7, 11) is 1.78. The normalized spacial score (nSPS) is 17.6. The Hall–Kier alpha value is -2.59. The van der Waals surface area contributed by atoms with Crippen LogP contribution in [0.3, 0.4) is 0 Å². The maximum absolute atomic E-state index is 13.6. The third-order valence-corrected chi connectivity index (χ3v) is 8.40. The molecule has 4 heterocycles. The van der Waals surface area contributed by atoms with Gasteiger partial charge in [0.2, 0.25) is 0 Å². The van der Waals surface area contributed by atoms with Gasteiger partial charge >= 0.3 is 0 Å². The molecule has 7 nitrogen and oxygen atoms in total. The molecule has 4 aromatic rings. The van der Waals surface area contributed by atoms with Crippen molar-refractivity contribution in [3.63, 3.8) is 0 Å². The zero-order valence-corrected chi connectivity index (χ0v) is 21.0. The first-order valence-electron chi connectivity index (χ1n) is 11.9. The number of nitrogens with one attached hydrogen (secondary N) is 1. The summed E-state index contributed by atoms with van der Waals surface area (Å²) < 4.78 is 21.1. The Morgan fingerprint density at radius 3 is 3.03 bits per heavy atom. The van der Waals surface area contributed by atoms with Crippen LogP contribution in [-0.4, -0.2) is 57.5 Å². The number of nitrogens with zero attached hydrogens (tertiary/aromatic N) is 5. The van der Waals surface area contributed by atoms with Crippen molar-refractivity contribution in [3.05, 3.63) is 52.8 Å². The Bertz CT molecular complexity index is 1390. The minimum Gasteiger partial charge on any atom is -0.383 e. The number of halogens is 2. The van der Waals surface area contributed by atoms with Gasteiger partial charge in [-0.25, -0.2) is 14.4 Å². The van der Waals surface area contributed by atoms with Crippen LogP contribution in [-0.2, 0) is 24.1 Å². The molecular formula is C25H26ClFN6OS. The van der Waals surface area contributed by atoms with E-state index in [0.29, 0.717) is 17.5 Å². The SMILES string of the molecule is COC[C@H]1CCCN1CCn1cc2c(n1)CCc1c-2sc2ncnc(Nc3ccc(F)c(Cl)c3)c12. The zero-order valence-electron chi connectivity index (χ0n) is 19.4. The molecule has 1 atom stereocenters. The second-order valence-electron chi connectivity index (χ2n) is 9.11. The number of benzene rings is 1. The number of hydrogen-bond acceptors (Lipinski definition) is 7. The molecule has 182 valence electrons. The van der Waals surface area contributed by atoms with E-state index >= 15 is 0 Å². The van der Waals surface area contributed by atoms with Gasteiger partial charge in [0.1, 0.15) is 22.8 Å². The van der Waals surface area contributed by atoms with Crippen molar-refractivity contribution >= 4 is 44.7 Å². The molecule has 1 saturated heterocycles. The minimum absolute atomic E-state index is 0.0761. The Kier molecular flexibility index (Phi) is 6.18. The molecule has 1 aliphatic heterocycles. The molecule has 0 spiro atoms. The average molecular weight is 513 g/mol. The summed E-state index contributed by atoms with van der Waals surface area (Å²) in [5, 5.41) is 9.33. The van der Waals surface area contributed by atoms with Gasteiger partial charge < -0.3 is 10.1 Å². The van der Waals surface area contributed by atoms with Gasteiger partial charge in [-0.2, -0.15) is 5.10 Å². The van der Waals surface area contributed by atoms with Gasteiger partial charge in [0, 0.05) is 42.0 Å². The summed E-state index contributed by atoms with van der Waals surface area (Å²) in [5.74, 6) is 0.269. The smallest absolute Gasteiger partial charge is 0.142 e. The summed E-state index contributed by atoms with van der Waals surface area (Å²) in [6, 6.07) is 5.10. The molecule has 0 saturated carbocycles. The Morgan fingerprint density at radius 1 is 1.26 bits per heavy atom. The fourth-order valence-electron chi connectivity index (χ4n) is 5.25. The van der Waals surface area contributed by atoms with Crippen LogP contribution in [0.5, 0.6) is 0 Å². The van der Waals surface area contributed by atoms with Crippen molar-refractivity contribution in [1.29, 1.82) is 0 Å². The third-order valence-electron chi connectivity index (χ3n) is 6.94. The number of fused-ring (bicyclic) bond motifs is 5. The van der Waals surface area contributed by atoms with Gasteiger partial charge in [-0.05, 0) is 56.0 Å². The van der Waals surface area contributed by atoms with Gasteiger partial charge in [-0.15, -0.1) is 11.3 Å². The summed E-state index contributed by atoms with van der Waals surface area (Å²) in [5.41, 5.74) is 4.27. The van der Waals surface area contributed by atoms with E-state index in [9.17, 15) is 4.39 Å². The highest BCUT2D eigenvalue weighted by molar-refractivity contribution is 7.22. The van der Waals surface area contributed by atoms with Gasteiger partial charge in [0.25, 0.3) is 0 Å². The van der Waals surface area contributed by atoms with E-state index < -0.39 is 5.82 Å². The predicted molar refractivity (Wildman–Crippen MR) is 137 cm³/mol. The maximum atomic E-state index is 13.6. The summed E-state index contributed by atoms with van der Waals surface area (Å²) in [4.78, 5) is 13.7. The van der Waals surface area contributed by atoms with Crippen molar-refractivity contribution in [2.24, 2.45) is 0 Å². The monoisotopic (exact) mass is 512 g/mol. The number of hydrogen-bond donors (Lipinski definition) is 1. The van der Waals surface area contributed by atoms with Gasteiger partial charge in [-0.1, -0.05) is 11.6 Å². The number of likely N-dealkylation sites (tertiary alicyclic amines) is 1. The molecule has 35 heavy (non-hydrogen) atoms. The lowest BCUT2D eigenvalue weighted by Gasteiger charge is -2.23. The molecule has 1 N–H and O–H groups in total. The number of thiophene rings is 1. The summed E-state index contributed by atoms with van der Waals surface area (Å²) in [6.45, 7) is 3.77. The molecule has 2 aliphatic rings. The van der Waals surface area contributed by atoms with E-state index in [-0.39, 0.29) is 5.02 Å². The van der Waals surface area contributed by atoms with Crippen LogP contribution in [0.1, 0.15) is 24.1 Å². The van der Waals surface area contributed by atoms with E-state index in [0.717, 1.165) is 55.0 Å². The highest BCUT2D eigenvalue weighted by atomic mass is 35.5. The first-order chi connectivity index (χ1) is 17.1. The number of methoxy groups -OCH3 is 1. The molecule has 1 aliphatic carbocycles. The Labute approximate surface area is 211 Å². The van der Waals surface area contributed by atoms with Crippen LogP contribution < -0.4 is 5.32 Å². The van der Waals surface area contributed by atoms with Gasteiger partial charge in [0.05, 0.1) is 29.3 Å². The van der Waals surface area contributed by atoms with Crippen molar-refractivity contribution in [3.8, 4) is 10.4 Å². The highest BCUT2D eigenvalue weighted by Gasteiger charge is 2.27. The highest BCUT2D eigenvalue weighted by Crippen LogP contribution is 2.45. The quantitative estimate of drug-likeness (QED) is 0.362. The van der Waals surface area contributed by atoms with Crippen molar-refractivity contribution < 1.29 is 9.13 Å². The molecule has 6 rings (SSSR count). The van der Waals surface area contributed by atoms with Gasteiger partial charge in [0.15, 0.2) is 0 Å². The van der Waals surface area contributed by atoms with Crippen LogP contribution in [0.4, 0.5) is 15.9 Å². The lowest BCUT2D eigenvalue weighted by atomic mass is 9.95. The second-order valence-corrected chi connectivity index (χ2v) is 10.5. The molecule has 0 amide bonds. The van der Waals surface area contributed by atoms with Crippen LogP contribution in [0, 0.1) is 5.82 Å². The molecule has 1 fully saturated rings. The van der Waals surface area contributed by atoms with E-state index in [4.69, 9.17) is 21.4 Å². The van der Waals surface area contributed by atoms with Crippen molar-refractivity contribution in [2.75, 3.05) is 32.1 Å². The minimum atomic E-state index is -0.443. The predicted octanol–water partition coefficient (Wildman–Crippen LogP) is 5.30. The van der Waals surface area contributed by atoms with E-state index in [2.05, 4.69) is 31.1 Å². The number of aromatic nitrogens is 4. The lowest BCUT2D eigenvalue weighted by molar-refractivity contribution is 0.113. The third kappa shape index (κ3) is 4.31. The van der Waals surface area contributed by atoms with Crippen LogP contribution >= 0.6 is 22.9 Å². The molecular weight excluding hydrogens is 487 g/mol. The van der Waals surface area contributed by atoms with Crippen LogP contribution in [0.15, 0.2) is 30.7 Å². The topological polar surface area (TPSA) is 68.1 Å². The molecule has 0 unspecified atom stereocenters. The summed E-state index contributed by atoms with van der Waals surface area (Å²) >= 11 is 7.66. The van der Waals surface area contributed by atoms with E-state index in [1.165, 1.54) is 34.9 Å². The zero-order chi connectivity index (χ0) is 23.9.